The second-order valence-corrected chi connectivity index (χ2v) is 9.39. The Morgan fingerprint density at radius 2 is 1.83 bits per heavy atom. The summed E-state index contributed by atoms with van der Waals surface area (Å²) >= 11 is 6.48. The predicted molar refractivity (Wildman–Crippen MR) is 130 cm³/mol. The van der Waals surface area contributed by atoms with Crippen LogP contribution in [0.3, 0.4) is 0 Å². The second-order valence-electron chi connectivity index (χ2n) is 8.99. The molecule has 2 fully saturated rings. The number of nitrogens with one attached hydrogen (secondary N) is 1. The van der Waals surface area contributed by atoms with Crippen LogP contribution in [0.5, 0.6) is 0 Å². The zero-order valence-corrected chi connectivity index (χ0v) is 20.8. The van der Waals surface area contributed by atoms with Gasteiger partial charge in [0.2, 0.25) is 5.79 Å². The molecule has 9 nitrogen and oxygen atoms in total. The van der Waals surface area contributed by atoms with Crippen molar-refractivity contribution >= 4 is 23.5 Å². The highest BCUT2D eigenvalue weighted by Gasteiger charge is 2.67. The Hall–Kier alpha value is -2.53. The van der Waals surface area contributed by atoms with Gasteiger partial charge in [-0.2, -0.15) is 0 Å². The smallest absolute Gasteiger partial charge is 0.435 e. The van der Waals surface area contributed by atoms with Crippen LogP contribution in [-0.4, -0.2) is 70.9 Å². The molecule has 2 aromatic carbocycles. The van der Waals surface area contributed by atoms with Crippen molar-refractivity contribution in [1.82, 2.24) is 0 Å². The van der Waals surface area contributed by atoms with Gasteiger partial charge < -0.3 is 39.7 Å². The molecule has 5 atom stereocenters. The molecular formula is C26H30ClNO8. The first-order valence-corrected chi connectivity index (χ1v) is 12.2. The number of halogens is 1. The molecule has 2 bridgehead atoms. The van der Waals surface area contributed by atoms with E-state index in [1.165, 1.54) is 0 Å². The first kappa shape index (κ1) is 26.5. The molecule has 2 saturated heterocycles. The summed E-state index contributed by atoms with van der Waals surface area (Å²) < 4.78 is 21.9. The van der Waals surface area contributed by atoms with Crippen molar-refractivity contribution in [2.45, 2.75) is 56.4 Å². The molecule has 4 rings (SSSR count). The van der Waals surface area contributed by atoms with E-state index < -0.39 is 42.5 Å². The molecule has 2 aromatic rings. The Morgan fingerprint density at radius 1 is 1.11 bits per heavy atom. The number of carbonyl (C=O) groups excluding carboxylic acids is 1. The van der Waals surface area contributed by atoms with Gasteiger partial charge in [-0.1, -0.05) is 48.9 Å². The first-order valence-electron chi connectivity index (χ1n) is 11.8. The van der Waals surface area contributed by atoms with Crippen LogP contribution in [-0.2, 0) is 31.2 Å². The van der Waals surface area contributed by atoms with Crippen LogP contribution in [0.1, 0.15) is 42.5 Å². The zero-order chi connectivity index (χ0) is 26.1. The zero-order valence-electron chi connectivity index (χ0n) is 20.1. The summed E-state index contributed by atoms with van der Waals surface area (Å²) in [6.07, 6.45) is -4.68. The van der Waals surface area contributed by atoms with E-state index in [2.05, 4.69) is 0 Å². The fourth-order valence-electron chi connectivity index (χ4n) is 4.58. The summed E-state index contributed by atoms with van der Waals surface area (Å²) in [6.45, 7) is 2.97. The van der Waals surface area contributed by atoms with Crippen LogP contribution in [0.2, 0.25) is 5.02 Å². The van der Waals surface area contributed by atoms with E-state index in [4.69, 9.17) is 36.0 Å². The normalized spacial score (nSPS) is 29.1. The largest absolute Gasteiger partial charge is 0.508 e. The van der Waals surface area contributed by atoms with Gasteiger partial charge in [-0.3, -0.25) is 0 Å². The number of fused-ring (bicyclic) bond motifs is 2. The van der Waals surface area contributed by atoms with Gasteiger partial charge in [0.1, 0.15) is 24.9 Å². The highest BCUT2D eigenvalue weighted by molar-refractivity contribution is 6.31. The summed E-state index contributed by atoms with van der Waals surface area (Å²) in [6, 6.07) is 12.6. The number of carbonyl (C=O) groups is 1. The van der Waals surface area contributed by atoms with Crippen LogP contribution < -0.4 is 0 Å². The maximum absolute atomic E-state index is 11.7. The molecule has 0 amide bonds. The minimum Gasteiger partial charge on any atom is -0.435 e. The van der Waals surface area contributed by atoms with Crippen LogP contribution in [0.15, 0.2) is 42.5 Å². The summed E-state index contributed by atoms with van der Waals surface area (Å²) in [5.41, 5.74) is 1.88. The van der Waals surface area contributed by atoms with E-state index in [0.29, 0.717) is 29.1 Å². The van der Waals surface area contributed by atoms with Gasteiger partial charge in [-0.05, 0) is 48.6 Å². The predicted octanol–water partition coefficient (Wildman–Crippen LogP) is 2.92. The Bertz CT molecular complexity index is 1130. The molecule has 0 radical (unpaired) electrons. The minimum atomic E-state index is -1.81. The fraction of sp³-hybridized carbons (Fsp3) is 0.462. The van der Waals surface area contributed by atoms with E-state index in [1.54, 1.807) is 25.1 Å². The van der Waals surface area contributed by atoms with Crippen molar-refractivity contribution in [3.05, 3.63) is 69.7 Å². The number of ether oxygens (including phenoxy) is 4. The van der Waals surface area contributed by atoms with Crippen LogP contribution in [0.4, 0.5) is 4.79 Å². The maximum atomic E-state index is 11.7. The number of aliphatic hydroxyl groups is 3. The molecule has 194 valence electrons. The van der Waals surface area contributed by atoms with Gasteiger partial charge in [0.15, 0.2) is 5.60 Å². The Balaban J connectivity index is 1.61. The van der Waals surface area contributed by atoms with Gasteiger partial charge in [-0.15, -0.1) is 0 Å². The molecule has 2 heterocycles. The lowest BCUT2D eigenvalue weighted by Crippen LogP contribution is -2.65. The minimum absolute atomic E-state index is 0.106. The molecule has 0 aromatic heterocycles. The number of hydrogen-bond donors (Lipinski definition) is 4. The molecule has 0 spiro atoms. The van der Waals surface area contributed by atoms with E-state index >= 15 is 0 Å². The van der Waals surface area contributed by atoms with E-state index in [9.17, 15) is 20.1 Å². The quantitative estimate of drug-likeness (QED) is 0.308. The van der Waals surface area contributed by atoms with E-state index in [1.807, 2.05) is 31.2 Å². The van der Waals surface area contributed by atoms with Gasteiger partial charge in [0.05, 0.1) is 13.2 Å². The van der Waals surface area contributed by atoms with E-state index in [0.717, 1.165) is 16.7 Å². The summed E-state index contributed by atoms with van der Waals surface area (Å²) in [4.78, 5) is 11.7. The third kappa shape index (κ3) is 4.74. The molecule has 0 aliphatic carbocycles. The van der Waals surface area contributed by atoms with Gasteiger partial charge >= 0.3 is 6.16 Å². The van der Waals surface area contributed by atoms with E-state index in [-0.39, 0.29) is 13.2 Å². The molecule has 2 aliphatic rings. The second kappa shape index (κ2) is 10.5. The molecule has 2 aliphatic heterocycles. The van der Waals surface area contributed by atoms with Crippen molar-refractivity contribution < 1.29 is 39.1 Å². The number of aliphatic hydroxyl groups excluding tert-OH is 3. The molecule has 4 N–H and O–H groups in total. The highest BCUT2D eigenvalue weighted by atomic mass is 35.5. The van der Waals surface area contributed by atoms with Crippen molar-refractivity contribution in [3.8, 4) is 0 Å². The summed E-state index contributed by atoms with van der Waals surface area (Å²) in [7, 11) is 0. The fourth-order valence-corrected chi connectivity index (χ4v) is 4.76. The molecule has 0 saturated carbocycles. The molecular weight excluding hydrogens is 490 g/mol. The Kier molecular flexibility index (Phi) is 7.70. The average molecular weight is 520 g/mol. The maximum Gasteiger partial charge on any atom is 0.508 e. The SMILES string of the molecule is CCOC(=O)OC[C@@]12CO[C@@](c3ccc(Cl)c(Cc4ccc(C(=N)CC)cc4)c3)(O1)[C@H](O)[C@@H](O)[C@@H]2O. The van der Waals surface area contributed by atoms with Gasteiger partial charge in [0, 0.05) is 16.3 Å². The van der Waals surface area contributed by atoms with Gasteiger partial charge in [-0.25, -0.2) is 4.79 Å². The van der Waals surface area contributed by atoms with Crippen molar-refractivity contribution in [2.24, 2.45) is 0 Å². The number of benzene rings is 2. The lowest BCUT2D eigenvalue weighted by Gasteiger charge is -2.46. The lowest BCUT2D eigenvalue weighted by atomic mass is 9.83. The summed E-state index contributed by atoms with van der Waals surface area (Å²) in [5, 5.41) is 40.7. The number of rotatable bonds is 8. The molecule has 10 heteroatoms. The van der Waals surface area contributed by atoms with Crippen LogP contribution >= 0.6 is 11.6 Å². The molecule has 36 heavy (non-hydrogen) atoms. The van der Waals surface area contributed by atoms with Crippen LogP contribution in [0.25, 0.3) is 0 Å². The van der Waals surface area contributed by atoms with Gasteiger partial charge in [0.25, 0.3) is 0 Å². The first-order chi connectivity index (χ1) is 17.2. The van der Waals surface area contributed by atoms with Crippen molar-refractivity contribution in [2.75, 3.05) is 19.8 Å². The average Bonchev–Trinajstić information content (AvgIpc) is 3.26. The third-order valence-electron chi connectivity index (χ3n) is 6.66. The Morgan fingerprint density at radius 3 is 2.50 bits per heavy atom. The topological polar surface area (TPSA) is 139 Å². The van der Waals surface area contributed by atoms with Crippen LogP contribution in [0, 0.1) is 5.41 Å². The van der Waals surface area contributed by atoms with Crippen molar-refractivity contribution in [3.63, 3.8) is 0 Å². The van der Waals surface area contributed by atoms with Crippen molar-refractivity contribution in [1.29, 1.82) is 5.41 Å². The monoisotopic (exact) mass is 519 g/mol. The lowest BCUT2D eigenvalue weighted by molar-refractivity contribution is -0.329. The summed E-state index contributed by atoms with van der Waals surface area (Å²) in [5.74, 6) is -1.81. The molecule has 0 unspecified atom stereocenters. The highest BCUT2D eigenvalue weighted by Crippen LogP contribution is 2.50. The third-order valence-corrected chi connectivity index (χ3v) is 7.03. The Labute approximate surface area is 214 Å². The number of hydrogen-bond acceptors (Lipinski definition) is 9. The standard InChI is InChI=1S/C26H30ClNO8/c1-3-20(28)16-7-5-15(6-8-16)11-17-12-18(9-10-19(17)27)26-23(31)21(29)22(30)25(36-26,14-35-26)13-34-24(32)33-4-2/h5-10,12,21-23,28-31H,3-4,11,13-14H2,1-2H3/t21-,22-,23+,25-,26-/m0/s1.